The summed E-state index contributed by atoms with van der Waals surface area (Å²) < 4.78 is 0. The maximum Gasteiger partial charge on any atom is 0.0847 e. The van der Waals surface area contributed by atoms with E-state index in [9.17, 15) is 0 Å². The van der Waals surface area contributed by atoms with E-state index in [1.165, 1.54) is 49.9 Å². The highest BCUT2D eigenvalue weighted by Gasteiger charge is 2.33. The molecule has 46 heavy (non-hydrogen) atoms. The number of hydrogen-bond donors (Lipinski definition) is 4. The van der Waals surface area contributed by atoms with Crippen molar-refractivity contribution in [1.82, 2.24) is 21.3 Å². The Morgan fingerprint density at radius 2 is 1.37 bits per heavy atom. The summed E-state index contributed by atoms with van der Waals surface area (Å²) in [6, 6.07) is 19.0. The maximum atomic E-state index is 3.84. The molecule has 0 spiro atoms. The number of fused-ring (bicyclic) bond motifs is 3. The number of rotatable bonds is 5. The fraction of sp³-hybridized carbons (Fsp3) is 0.143. The first-order chi connectivity index (χ1) is 22.8. The van der Waals surface area contributed by atoms with E-state index >= 15 is 0 Å². The summed E-state index contributed by atoms with van der Waals surface area (Å²) in [5.41, 5.74) is 11.3. The predicted molar refractivity (Wildman–Crippen MR) is 191 cm³/mol. The Hall–Kier alpha value is -5.48. The molecule has 4 aliphatic heterocycles. The Labute approximate surface area is 270 Å². The van der Waals surface area contributed by atoms with Crippen molar-refractivity contribution in [1.29, 1.82) is 0 Å². The zero-order chi connectivity index (χ0) is 30.5. The summed E-state index contributed by atoms with van der Waals surface area (Å²) in [5.74, 6) is 0.829. The second kappa shape index (κ2) is 11.1. The molecule has 6 aliphatic rings. The van der Waals surface area contributed by atoms with Crippen LogP contribution >= 0.6 is 0 Å². The van der Waals surface area contributed by atoms with E-state index in [1.54, 1.807) is 0 Å². The summed E-state index contributed by atoms with van der Waals surface area (Å²) in [4.78, 5) is 0. The van der Waals surface area contributed by atoms with Crippen molar-refractivity contribution < 1.29 is 0 Å². The Kier molecular flexibility index (Phi) is 6.52. The molecule has 9 rings (SSSR count). The van der Waals surface area contributed by atoms with Crippen molar-refractivity contribution >= 4 is 16.5 Å². The highest BCUT2D eigenvalue weighted by molar-refractivity contribution is 6.03. The molecule has 4 heteroatoms. The van der Waals surface area contributed by atoms with Gasteiger partial charge in [-0.3, -0.25) is 0 Å². The van der Waals surface area contributed by atoms with Crippen molar-refractivity contribution in [3.05, 3.63) is 186 Å². The third-order valence-electron chi connectivity index (χ3n) is 9.97. The van der Waals surface area contributed by atoms with Crippen LogP contribution in [0.1, 0.15) is 40.1 Å². The Balaban J connectivity index is 1.15. The van der Waals surface area contributed by atoms with Crippen LogP contribution in [0.2, 0.25) is 0 Å². The standard InChI is InChI=1S/C42H36N4/c1-2-11-32-31(10-1)34-13-7-12-33-30(20-21-35(32)42(33)34)27-24-28(36-16-8-18-40(45-36)38-14-3-5-22-43-38)26-29(25-27)37-17-9-19-41(46-37)39-15-4-6-23-44-39/h1-22,24-26,31-32,36,38,41,43-46H,23H2. The van der Waals surface area contributed by atoms with Crippen molar-refractivity contribution in [2.24, 2.45) is 0 Å². The van der Waals surface area contributed by atoms with E-state index in [0.29, 0.717) is 11.8 Å². The van der Waals surface area contributed by atoms with E-state index in [4.69, 9.17) is 0 Å². The van der Waals surface area contributed by atoms with E-state index < -0.39 is 0 Å². The third-order valence-corrected chi connectivity index (χ3v) is 9.97. The molecule has 0 radical (unpaired) electrons. The number of allylic oxidation sites excluding steroid dienone is 12. The molecule has 5 atom stereocenters. The van der Waals surface area contributed by atoms with Gasteiger partial charge in [0.15, 0.2) is 0 Å². The fourth-order valence-electron chi connectivity index (χ4n) is 7.76. The molecular formula is C42H36N4. The van der Waals surface area contributed by atoms with E-state index in [1.807, 2.05) is 12.3 Å². The molecule has 5 unspecified atom stereocenters. The molecule has 3 aromatic rings. The minimum Gasteiger partial charge on any atom is -0.383 e. The molecule has 0 saturated heterocycles. The molecule has 0 bridgehead atoms. The van der Waals surface area contributed by atoms with Gasteiger partial charge in [-0.1, -0.05) is 103 Å². The molecule has 2 aliphatic carbocycles. The molecule has 0 fully saturated rings. The fourth-order valence-corrected chi connectivity index (χ4v) is 7.76. The third kappa shape index (κ3) is 4.60. The van der Waals surface area contributed by atoms with Crippen LogP contribution in [-0.4, -0.2) is 18.6 Å². The van der Waals surface area contributed by atoms with E-state index in [0.717, 1.165) is 17.9 Å². The van der Waals surface area contributed by atoms with Crippen LogP contribution in [-0.2, 0) is 0 Å². The lowest BCUT2D eigenvalue weighted by Gasteiger charge is -2.29. The molecule has 0 saturated carbocycles. The predicted octanol–water partition coefficient (Wildman–Crippen LogP) is 7.85. The van der Waals surface area contributed by atoms with Gasteiger partial charge in [-0.05, 0) is 92.9 Å². The highest BCUT2D eigenvalue weighted by atomic mass is 15.0. The van der Waals surface area contributed by atoms with Crippen molar-refractivity contribution in [2.45, 2.75) is 30.0 Å². The van der Waals surface area contributed by atoms with Crippen molar-refractivity contribution in [3.8, 4) is 11.1 Å². The van der Waals surface area contributed by atoms with Gasteiger partial charge in [-0.2, -0.15) is 0 Å². The summed E-state index contributed by atoms with van der Waals surface area (Å²) in [7, 11) is 0. The normalized spacial score (nSPS) is 26.4. The van der Waals surface area contributed by atoms with Crippen LogP contribution in [0.4, 0.5) is 0 Å². The first-order valence-electron chi connectivity index (χ1n) is 16.4. The van der Waals surface area contributed by atoms with Crippen LogP contribution < -0.4 is 21.3 Å². The second-order valence-corrected chi connectivity index (χ2v) is 12.7. The van der Waals surface area contributed by atoms with Gasteiger partial charge in [0.25, 0.3) is 0 Å². The maximum absolute atomic E-state index is 3.84. The number of nitrogens with one attached hydrogen (secondary N) is 4. The largest absolute Gasteiger partial charge is 0.383 e. The molecule has 3 aromatic carbocycles. The van der Waals surface area contributed by atoms with Crippen LogP contribution in [0, 0.1) is 0 Å². The summed E-state index contributed by atoms with van der Waals surface area (Å²) in [5, 5.41) is 17.4. The zero-order valence-electron chi connectivity index (χ0n) is 25.5. The smallest absolute Gasteiger partial charge is 0.0847 e. The zero-order valence-corrected chi connectivity index (χ0v) is 25.5. The molecular weight excluding hydrogens is 560 g/mol. The van der Waals surface area contributed by atoms with Gasteiger partial charge in [-0.15, -0.1) is 0 Å². The van der Waals surface area contributed by atoms with Gasteiger partial charge >= 0.3 is 0 Å². The lowest BCUT2D eigenvalue weighted by Crippen LogP contribution is -2.36. The van der Waals surface area contributed by atoms with Gasteiger partial charge in [0.05, 0.1) is 18.1 Å². The topological polar surface area (TPSA) is 48.1 Å². The average Bonchev–Trinajstić information content (AvgIpc) is 3.47. The van der Waals surface area contributed by atoms with Gasteiger partial charge in [0.2, 0.25) is 0 Å². The summed E-state index contributed by atoms with van der Waals surface area (Å²) >= 11 is 0. The van der Waals surface area contributed by atoms with Crippen LogP contribution in [0.25, 0.3) is 27.6 Å². The van der Waals surface area contributed by atoms with Gasteiger partial charge in [-0.25, -0.2) is 0 Å². The Bertz CT molecular complexity index is 2040. The minimum absolute atomic E-state index is 0.0399. The lowest BCUT2D eigenvalue weighted by molar-refractivity contribution is 0.627. The number of hydrogen-bond acceptors (Lipinski definition) is 4. The second-order valence-electron chi connectivity index (χ2n) is 12.7. The van der Waals surface area contributed by atoms with E-state index in [2.05, 4.69) is 161 Å². The minimum atomic E-state index is 0.0399. The van der Waals surface area contributed by atoms with Crippen molar-refractivity contribution in [2.75, 3.05) is 6.54 Å². The summed E-state index contributed by atoms with van der Waals surface area (Å²) in [6.07, 6.45) is 37.1. The molecule has 4 N–H and O–H groups in total. The first kappa shape index (κ1) is 26.9. The molecule has 224 valence electrons. The number of dihydropyridines is 4. The van der Waals surface area contributed by atoms with E-state index in [-0.39, 0.29) is 18.1 Å². The van der Waals surface area contributed by atoms with Crippen LogP contribution in [0.15, 0.2) is 163 Å². The van der Waals surface area contributed by atoms with Crippen LogP contribution in [0.3, 0.4) is 0 Å². The van der Waals surface area contributed by atoms with Gasteiger partial charge in [0.1, 0.15) is 0 Å². The Morgan fingerprint density at radius 3 is 2.22 bits per heavy atom. The highest BCUT2D eigenvalue weighted by Crippen LogP contribution is 2.51. The lowest BCUT2D eigenvalue weighted by atomic mass is 9.86. The Morgan fingerprint density at radius 1 is 0.587 bits per heavy atom. The molecule has 0 amide bonds. The van der Waals surface area contributed by atoms with Crippen molar-refractivity contribution in [3.63, 3.8) is 0 Å². The SMILES string of the molecule is C1=CCNC(C2C=CC=C(c3cc(-c4ccc5c6c(cccc46)C4C=CC=CC54)cc(C4C=CC=C(C5C=CC=CN5)N4)c3)N2)=C1. The molecule has 0 aromatic heterocycles. The quantitative estimate of drug-likeness (QED) is 0.242. The summed E-state index contributed by atoms with van der Waals surface area (Å²) in [6.45, 7) is 0.852. The molecule has 4 heterocycles. The molecule has 4 nitrogen and oxygen atoms in total. The first-order valence-corrected chi connectivity index (χ1v) is 16.4. The monoisotopic (exact) mass is 596 g/mol. The van der Waals surface area contributed by atoms with Gasteiger partial charge < -0.3 is 21.3 Å². The average molecular weight is 597 g/mol. The van der Waals surface area contributed by atoms with Crippen LogP contribution in [0.5, 0.6) is 0 Å². The number of benzene rings is 3. The van der Waals surface area contributed by atoms with Gasteiger partial charge in [0, 0.05) is 35.5 Å².